The number of hydrogen-bond acceptors (Lipinski definition) is 6. The number of rotatable bonds is 8. The summed E-state index contributed by atoms with van der Waals surface area (Å²) in [4.78, 5) is 25.3. The Morgan fingerprint density at radius 2 is 2.11 bits per heavy atom. The molecular formula is C19H21N5O2S2. The van der Waals surface area contributed by atoms with Gasteiger partial charge in [-0.1, -0.05) is 17.8 Å². The van der Waals surface area contributed by atoms with E-state index in [9.17, 15) is 9.59 Å². The molecule has 7 nitrogen and oxygen atoms in total. The number of Topliss-reactive ketones (excluding diaryl/α,β-unsaturated/α-hetero) is 1. The number of aromatic nitrogens is 4. The summed E-state index contributed by atoms with van der Waals surface area (Å²) in [6, 6.07) is 6.34. The van der Waals surface area contributed by atoms with Gasteiger partial charge in [0.15, 0.2) is 16.8 Å². The van der Waals surface area contributed by atoms with Crippen molar-refractivity contribution in [2.45, 2.75) is 44.4 Å². The predicted molar refractivity (Wildman–Crippen MR) is 110 cm³/mol. The molecule has 0 saturated heterocycles. The lowest BCUT2D eigenvalue weighted by Crippen LogP contribution is -2.20. The molecule has 0 unspecified atom stereocenters. The lowest BCUT2D eigenvalue weighted by Gasteiger charge is -2.08. The second kappa shape index (κ2) is 7.56. The Morgan fingerprint density at radius 3 is 2.75 bits per heavy atom. The maximum atomic E-state index is 12.8. The molecule has 3 aromatic heterocycles. The Morgan fingerprint density at radius 1 is 1.32 bits per heavy atom. The van der Waals surface area contributed by atoms with Crippen molar-refractivity contribution in [1.29, 1.82) is 0 Å². The highest BCUT2D eigenvalue weighted by atomic mass is 32.2. The summed E-state index contributed by atoms with van der Waals surface area (Å²) in [5.74, 6) is 0.404. The Balaban J connectivity index is 1.54. The maximum absolute atomic E-state index is 12.8. The van der Waals surface area contributed by atoms with E-state index >= 15 is 0 Å². The van der Waals surface area contributed by atoms with Crippen LogP contribution in [0.2, 0.25) is 0 Å². The summed E-state index contributed by atoms with van der Waals surface area (Å²) in [5.41, 5.74) is 8.33. The smallest absolute Gasteiger partial charge is 0.237 e. The number of carbonyl (C=O) groups is 2. The van der Waals surface area contributed by atoms with Gasteiger partial charge in [-0.3, -0.25) is 14.2 Å². The van der Waals surface area contributed by atoms with Gasteiger partial charge < -0.3 is 10.3 Å². The van der Waals surface area contributed by atoms with Gasteiger partial charge in [0.25, 0.3) is 0 Å². The molecular weight excluding hydrogens is 394 g/mol. The first-order chi connectivity index (χ1) is 13.5. The first kappa shape index (κ1) is 18.9. The molecule has 0 spiro atoms. The zero-order valence-electron chi connectivity index (χ0n) is 15.7. The van der Waals surface area contributed by atoms with E-state index in [1.54, 1.807) is 4.57 Å². The third-order valence-electron chi connectivity index (χ3n) is 4.80. The van der Waals surface area contributed by atoms with Gasteiger partial charge in [0.05, 0.1) is 10.6 Å². The number of carbonyl (C=O) groups excluding carboxylic acids is 2. The zero-order valence-corrected chi connectivity index (χ0v) is 17.3. The summed E-state index contributed by atoms with van der Waals surface area (Å²) >= 11 is 2.80. The highest BCUT2D eigenvalue weighted by molar-refractivity contribution is 7.99. The molecule has 0 aromatic carbocycles. The minimum absolute atomic E-state index is 0.0209. The van der Waals surface area contributed by atoms with E-state index in [1.165, 1.54) is 35.9 Å². The molecule has 3 aromatic rings. The van der Waals surface area contributed by atoms with Crippen LogP contribution in [-0.4, -0.2) is 36.8 Å². The van der Waals surface area contributed by atoms with Crippen LogP contribution in [0.5, 0.6) is 0 Å². The van der Waals surface area contributed by atoms with Crippen molar-refractivity contribution in [2.75, 3.05) is 5.75 Å². The number of nitrogens with two attached hydrogens (primary N) is 1. The number of aryl methyl sites for hydroxylation is 1. The number of thioether (sulfide) groups is 1. The van der Waals surface area contributed by atoms with Crippen molar-refractivity contribution < 1.29 is 9.59 Å². The second-order valence-corrected chi connectivity index (χ2v) is 8.82. The lowest BCUT2D eigenvalue weighted by atomic mass is 10.2. The number of nitrogens with zero attached hydrogens (tertiary/aromatic N) is 4. The van der Waals surface area contributed by atoms with Crippen molar-refractivity contribution in [1.82, 2.24) is 19.3 Å². The minimum Gasteiger partial charge on any atom is -0.368 e. The first-order valence-corrected chi connectivity index (χ1v) is 10.9. The normalized spacial score (nSPS) is 13.8. The topological polar surface area (TPSA) is 95.8 Å². The highest BCUT2D eigenvalue weighted by Crippen LogP contribution is 2.38. The Bertz CT molecular complexity index is 1030. The van der Waals surface area contributed by atoms with Crippen LogP contribution in [0, 0.1) is 13.8 Å². The third-order valence-corrected chi connectivity index (χ3v) is 6.63. The van der Waals surface area contributed by atoms with Crippen LogP contribution in [0.4, 0.5) is 0 Å². The fraction of sp³-hybridized carbons (Fsp3) is 0.368. The summed E-state index contributed by atoms with van der Waals surface area (Å²) in [6.45, 7) is 4.03. The van der Waals surface area contributed by atoms with E-state index in [0.29, 0.717) is 17.0 Å². The largest absolute Gasteiger partial charge is 0.368 e. The molecule has 1 fully saturated rings. The standard InChI is InChI=1S/C19H21N5O2S2/c1-11-8-14(12(2)24(11)13-5-6-13)15(25)10-28-19-22-21-18(16-4-3-7-27-16)23(19)9-17(20)26/h3-4,7-8,13H,5-6,9-10H2,1-2H3,(H2,20,26). The Kier molecular flexibility index (Phi) is 5.11. The molecule has 0 atom stereocenters. The van der Waals surface area contributed by atoms with Crippen LogP contribution < -0.4 is 5.73 Å². The van der Waals surface area contributed by atoms with E-state index in [2.05, 4.69) is 14.8 Å². The molecule has 1 aliphatic rings. The summed E-state index contributed by atoms with van der Waals surface area (Å²) in [6.07, 6.45) is 2.36. The molecule has 3 heterocycles. The van der Waals surface area contributed by atoms with Crippen LogP contribution in [0.3, 0.4) is 0 Å². The molecule has 1 saturated carbocycles. The number of amides is 1. The third kappa shape index (κ3) is 3.64. The van der Waals surface area contributed by atoms with Crippen LogP contribution >= 0.6 is 23.1 Å². The summed E-state index contributed by atoms with van der Waals surface area (Å²) < 4.78 is 3.95. The van der Waals surface area contributed by atoms with Gasteiger partial charge in [0, 0.05) is 23.0 Å². The van der Waals surface area contributed by atoms with Gasteiger partial charge >= 0.3 is 0 Å². The fourth-order valence-electron chi connectivity index (χ4n) is 3.44. The van der Waals surface area contributed by atoms with Gasteiger partial charge in [-0.2, -0.15) is 0 Å². The molecule has 0 bridgehead atoms. The maximum Gasteiger partial charge on any atom is 0.237 e. The predicted octanol–water partition coefficient (Wildman–Crippen LogP) is 3.22. The average Bonchev–Trinajstić information content (AvgIpc) is 3.05. The molecule has 0 radical (unpaired) electrons. The van der Waals surface area contributed by atoms with Crippen LogP contribution in [0.25, 0.3) is 10.7 Å². The van der Waals surface area contributed by atoms with Crippen molar-refractivity contribution >= 4 is 34.8 Å². The molecule has 28 heavy (non-hydrogen) atoms. The van der Waals surface area contributed by atoms with Crippen molar-refractivity contribution in [2.24, 2.45) is 5.73 Å². The Hall–Kier alpha value is -2.39. The first-order valence-electron chi connectivity index (χ1n) is 9.05. The number of thiophene rings is 1. The molecule has 9 heteroatoms. The fourth-order valence-corrected chi connectivity index (χ4v) is 4.98. The minimum atomic E-state index is -0.473. The number of ketones is 1. The van der Waals surface area contributed by atoms with E-state index in [0.717, 1.165) is 21.8 Å². The van der Waals surface area contributed by atoms with Crippen LogP contribution in [0.15, 0.2) is 28.7 Å². The quantitative estimate of drug-likeness (QED) is 0.450. The van der Waals surface area contributed by atoms with Crippen molar-refractivity contribution in [3.63, 3.8) is 0 Å². The Labute approximate surface area is 170 Å². The van der Waals surface area contributed by atoms with Crippen molar-refractivity contribution in [3.8, 4) is 10.7 Å². The lowest BCUT2D eigenvalue weighted by molar-refractivity contribution is -0.118. The van der Waals surface area contributed by atoms with Crippen LogP contribution in [-0.2, 0) is 11.3 Å². The molecule has 2 N–H and O–H groups in total. The van der Waals surface area contributed by atoms with Crippen molar-refractivity contribution in [3.05, 3.63) is 40.5 Å². The monoisotopic (exact) mass is 415 g/mol. The SMILES string of the molecule is Cc1cc(C(=O)CSc2nnc(-c3cccs3)n2CC(N)=O)c(C)n1C1CC1. The van der Waals surface area contributed by atoms with E-state index in [1.807, 2.05) is 37.4 Å². The zero-order chi connectivity index (χ0) is 19.8. The molecule has 4 rings (SSSR count). The van der Waals surface area contributed by atoms with Gasteiger partial charge in [0.2, 0.25) is 5.91 Å². The number of hydrogen-bond donors (Lipinski definition) is 1. The molecule has 146 valence electrons. The number of primary amides is 1. The van der Waals surface area contributed by atoms with Gasteiger partial charge in [0.1, 0.15) is 6.54 Å². The van der Waals surface area contributed by atoms with E-state index in [-0.39, 0.29) is 18.1 Å². The summed E-state index contributed by atoms with van der Waals surface area (Å²) in [7, 11) is 0. The average molecular weight is 416 g/mol. The van der Waals surface area contributed by atoms with Gasteiger partial charge in [-0.15, -0.1) is 21.5 Å². The second-order valence-electron chi connectivity index (χ2n) is 6.93. The highest BCUT2D eigenvalue weighted by Gasteiger charge is 2.28. The molecule has 1 aliphatic carbocycles. The van der Waals surface area contributed by atoms with Crippen LogP contribution in [0.1, 0.15) is 40.6 Å². The molecule has 0 aliphatic heterocycles. The van der Waals surface area contributed by atoms with Gasteiger partial charge in [-0.05, 0) is 44.2 Å². The molecule has 1 amide bonds. The van der Waals surface area contributed by atoms with E-state index in [4.69, 9.17) is 5.73 Å². The van der Waals surface area contributed by atoms with E-state index < -0.39 is 5.91 Å². The summed E-state index contributed by atoms with van der Waals surface area (Å²) in [5, 5.41) is 10.9. The van der Waals surface area contributed by atoms with Gasteiger partial charge in [-0.25, -0.2) is 0 Å².